The summed E-state index contributed by atoms with van der Waals surface area (Å²) in [7, 11) is 0. The molecule has 0 aliphatic heterocycles. The standard InChI is InChI=1S/C16H20N2O3.ClH/c1-2-3-7-20-14-6-4-5-13(9-14)18-16(19)12-8-15(10-17)21-11-12;/h4-6,8-9,11H,2-3,7,10,17H2,1H3,(H,18,19);1H. The summed E-state index contributed by atoms with van der Waals surface area (Å²) < 4.78 is 10.8. The molecular formula is C16H21ClN2O3. The monoisotopic (exact) mass is 324 g/mol. The summed E-state index contributed by atoms with van der Waals surface area (Å²) in [5.41, 5.74) is 6.59. The Morgan fingerprint density at radius 3 is 2.86 bits per heavy atom. The van der Waals surface area contributed by atoms with Crippen LogP contribution >= 0.6 is 12.4 Å². The van der Waals surface area contributed by atoms with Crippen LogP contribution in [0.5, 0.6) is 5.75 Å². The summed E-state index contributed by atoms with van der Waals surface area (Å²) in [6.07, 6.45) is 3.49. The number of carbonyl (C=O) groups is 1. The van der Waals surface area contributed by atoms with Crippen LogP contribution < -0.4 is 15.8 Å². The summed E-state index contributed by atoms with van der Waals surface area (Å²) in [4.78, 5) is 12.1. The van der Waals surface area contributed by atoms with E-state index in [1.54, 1.807) is 12.1 Å². The number of ether oxygens (including phenoxy) is 1. The lowest BCUT2D eigenvalue weighted by molar-refractivity contribution is 0.102. The molecule has 0 unspecified atom stereocenters. The fraction of sp³-hybridized carbons (Fsp3) is 0.312. The van der Waals surface area contributed by atoms with Gasteiger partial charge in [0.1, 0.15) is 17.8 Å². The van der Waals surface area contributed by atoms with Gasteiger partial charge in [0.05, 0.1) is 18.7 Å². The number of anilines is 1. The molecule has 3 N–H and O–H groups in total. The fourth-order valence-electron chi connectivity index (χ4n) is 1.81. The minimum Gasteiger partial charge on any atom is -0.494 e. The molecule has 0 aliphatic carbocycles. The number of benzene rings is 1. The Labute approximate surface area is 136 Å². The molecule has 2 rings (SSSR count). The first-order valence-corrected chi connectivity index (χ1v) is 7.04. The number of halogens is 1. The third-order valence-electron chi connectivity index (χ3n) is 2.98. The molecule has 5 nitrogen and oxygen atoms in total. The zero-order chi connectivity index (χ0) is 15.1. The van der Waals surface area contributed by atoms with E-state index in [2.05, 4.69) is 12.2 Å². The van der Waals surface area contributed by atoms with Gasteiger partial charge in [-0.2, -0.15) is 0 Å². The molecule has 1 amide bonds. The summed E-state index contributed by atoms with van der Waals surface area (Å²) in [5, 5.41) is 2.81. The fourth-order valence-corrected chi connectivity index (χ4v) is 1.81. The summed E-state index contributed by atoms with van der Waals surface area (Å²) in [6.45, 7) is 3.06. The average molecular weight is 325 g/mol. The largest absolute Gasteiger partial charge is 0.494 e. The van der Waals surface area contributed by atoms with Gasteiger partial charge in [-0.25, -0.2) is 0 Å². The van der Waals surface area contributed by atoms with Crippen molar-refractivity contribution in [3.63, 3.8) is 0 Å². The van der Waals surface area contributed by atoms with Crippen molar-refractivity contribution in [1.82, 2.24) is 0 Å². The Bertz CT molecular complexity index is 599. The van der Waals surface area contributed by atoms with E-state index in [4.69, 9.17) is 14.9 Å². The molecule has 0 saturated carbocycles. The smallest absolute Gasteiger partial charge is 0.258 e. The zero-order valence-electron chi connectivity index (χ0n) is 12.5. The van der Waals surface area contributed by atoms with Crippen LogP contribution in [0.25, 0.3) is 0 Å². The van der Waals surface area contributed by atoms with E-state index in [0.29, 0.717) is 23.6 Å². The second kappa shape index (κ2) is 9.12. The third-order valence-corrected chi connectivity index (χ3v) is 2.98. The molecule has 0 saturated heterocycles. The molecule has 0 atom stereocenters. The second-order valence-electron chi connectivity index (χ2n) is 4.69. The van der Waals surface area contributed by atoms with Gasteiger partial charge in [0, 0.05) is 11.8 Å². The van der Waals surface area contributed by atoms with E-state index in [0.717, 1.165) is 18.6 Å². The Morgan fingerprint density at radius 2 is 2.18 bits per heavy atom. The Kier molecular flexibility index (Phi) is 7.49. The maximum Gasteiger partial charge on any atom is 0.258 e. The summed E-state index contributed by atoms with van der Waals surface area (Å²) >= 11 is 0. The molecule has 0 fully saturated rings. The molecular weight excluding hydrogens is 304 g/mol. The predicted molar refractivity (Wildman–Crippen MR) is 88.6 cm³/mol. The van der Waals surface area contributed by atoms with Crippen LogP contribution in [-0.2, 0) is 6.54 Å². The van der Waals surface area contributed by atoms with Crippen molar-refractivity contribution < 1.29 is 13.9 Å². The van der Waals surface area contributed by atoms with Crippen LogP contribution in [0.4, 0.5) is 5.69 Å². The molecule has 1 aromatic carbocycles. The predicted octanol–water partition coefficient (Wildman–Crippen LogP) is 3.59. The third kappa shape index (κ3) is 5.09. The van der Waals surface area contributed by atoms with Crippen LogP contribution in [0.3, 0.4) is 0 Å². The Hall–Kier alpha value is -1.98. The number of hydrogen-bond donors (Lipinski definition) is 2. The molecule has 6 heteroatoms. The van der Waals surface area contributed by atoms with Crippen LogP contribution in [0.2, 0.25) is 0 Å². The van der Waals surface area contributed by atoms with Crippen molar-refractivity contribution in [2.75, 3.05) is 11.9 Å². The number of unbranched alkanes of at least 4 members (excludes halogenated alkanes) is 1. The van der Waals surface area contributed by atoms with Crippen LogP contribution in [0.15, 0.2) is 41.0 Å². The van der Waals surface area contributed by atoms with Crippen molar-refractivity contribution in [2.45, 2.75) is 26.3 Å². The highest BCUT2D eigenvalue weighted by molar-refractivity contribution is 6.04. The van der Waals surface area contributed by atoms with Crippen molar-refractivity contribution in [1.29, 1.82) is 0 Å². The Balaban J connectivity index is 0.00000242. The minimum absolute atomic E-state index is 0. The molecule has 0 aliphatic rings. The van der Waals surface area contributed by atoms with Crippen LogP contribution in [0.1, 0.15) is 35.9 Å². The molecule has 1 heterocycles. The number of nitrogens with one attached hydrogen (secondary N) is 1. The highest BCUT2D eigenvalue weighted by Gasteiger charge is 2.10. The van der Waals surface area contributed by atoms with Crippen molar-refractivity contribution >= 4 is 24.0 Å². The van der Waals surface area contributed by atoms with Gasteiger partial charge in [0.25, 0.3) is 5.91 Å². The number of rotatable bonds is 7. The van der Waals surface area contributed by atoms with Crippen molar-refractivity contribution in [3.05, 3.63) is 47.9 Å². The van der Waals surface area contributed by atoms with Gasteiger partial charge in [0.15, 0.2) is 0 Å². The molecule has 0 bridgehead atoms. The zero-order valence-corrected chi connectivity index (χ0v) is 13.3. The lowest BCUT2D eigenvalue weighted by Crippen LogP contribution is -2.11. The lowest BCUT2D eigenvalue weighted by Gasteiger charge is -2.08. The van der Waals surface area contributed by atoms with Crippen molar-refractivity contribution in [2.24, 2.45) is 5.73 Å². The summed E-state index contributed by atoms with van der Waals surface area (Å²) in [6, 6.07) is 8.97. The van der Waals surface area contributed by atoms with E-state index in [1.807, 2.05) is 18.2 Å². The quantitative estimate of drug-likeness (QED) is 0.763. The molecule has 120 valence electrons. The molecule has 2 aromatic rings. The van der Waals surface area contributed by atoms with Gasteiger partial charge < -0.3 is 20.2 Å². The maximum absolute atomic E-state index is 12.1. The lowest BCUT2D eigenvalue weighted by atomic mass is 10.2. The number of hydrogen-bond acceptors (Lipinski definition) is 4. The highest BCUT2D eigenvalue weighted by atomic mass is 35.5. The van der Waals surface area contributed by atoms with Gasteiger partial charge in [-0.1, -0.05) is 19.4 Å². The first-order valence-electron chi connectivity index (χ1n) is 7.04. The van der Waals surface area contributed by atoms with E-state index >= 15 is 0 Å². The SMILES string of the molecule is CCCCOc1cccc(NC(=O)c2coc(CN)c2)c1.Cl. The van der Waals surface area contributed by atoms with E-state index in [9.17, 15) is 4.79 Å². The molecule has 0 spiro atoms. The number of furan rings is 1. The van der Waals surface area contributed by atoms with Gasteiger partial charge in [-0.15, -0.1) is 12.4 Å². The number of amides is 1. The van der Waals surface area contributed by atoms with Gasteiger partial charge >= 0.3 is 0 Å². The highest BCUT2D eigenvalue weighted by Crippen LogP contribution is 2.19. The molecule has 0 radical (unpaired) electrons. The van der Waals surface area contributed by atoms with Crippen LogP contribution in [-0.4, -0.2) is 12.5 Å². The van der Waals surface area contributed by atoms with Crippen LogP contribution in [0, 0.1) is 0 Å². The summed E-state index contributed by atoms with van der Waals surface area (Å²) in [5.74, 6) is 1.09. The minimum atomic E-state index is -0.232. The average Bonchev–Trinajstić information content (AvgIpc) is 2.97. The topological polar surface area (TPSA) is 77.5 Å². The van der Waals surface area contributed by atoms with E-state index < -0.39 is 0 Å². The first kappa shape index (κ1) is 18.1. The first-order chi connectivity index (χ1) is 10.2. The number of carbonyl (C=O) groups excluding carboxylic acids is 1. The van der Waals surface area contributed by atoms with E-state index in [1.165, 1.54) is 6.26 Å². The maximum atomic E-state index is 12.1. The van der Waals surface area contributed by atoms with Gasteiger partial charge in [-0.3, -0.25) is 4.79 Å². The molecule has 22 heavy (non-hydrogen) atoms. The second-order valence-corrected chi connectivity index (χ2v) is 4.69. The Morgan fingerprint density at radius 1 is 1.36 bits per heavy atom. The van der Waals surface area contributed by atoms with Gasteiger partial charge in [0.2, 0.25) is 0 Å². The van der Waals surface area contributed by atoms with E-state index in [-0.39, 0.29) is 24.9 Å². The number of nitrogens with two attached hydrogens (primary N) is 1. The normalized spacial score (nSPS) is 9.91. The molecule has 1 aromatic heterocycles. The van der Waals surface area contributed by atoms with Crippen molar-refractivity contribution in [3.8, 4) is 5.75 Å². The van der Waals surface area contributed by atoms with Gasteiger partial charge in [-0.05, 0) is 24.6 Å².